The number of halogens is 1. The molecular weight excluding hydrogens is 248 g/mol. The second-order valence-corrected chi connectivity index (χ2v) is 4.82. The molecule has 1 rings (SSSR count). The number of hydrogen-bond donors (Lipinski definition) is 0. The summed E-state index contributed by atoms with van der Waals surface area (Å²) in [7, 11) is 0. The van der Waals surface area contributed by atoms with Crippen LogP contribution in [0.25, 0.3) is 0 Å². The normalized spacial score (nSPS) is 10.2. The van der Waals surface area contributed by atoms with Gasteiger partial charge in [-0.2, -0.15) is 5.26 Å². The molecule has 0 heterocycles. The molecule has 0 saturated heterocycles. The van der Waals surface area contributed by atoms with Crippen LogP contribution in [0.3, 0.4) is 0 Å². The smallest absolute Gasteiger partial charge is 0.254 e. The third-order valence-electron chi connectivity index (χ3n) is 2.85. The van der Waals surface area contributed by atoms with E-state index >= 15 is 0 Å². The largest absolute Gasteiger partial charge is 0.335 e. The number of hydrogen-bond acceptors (Lipinski definition) is 2. The summed E-state index contributed by atoms with van der Waals surface area (Å²) in [6.07, 6.45) is 0.337. The highest BCUT2D eigenvalue weighted by Gasteiger charge is 2.20. The molecule has 0 aliphatic rings. The lowest BCUT2D eigenvalue weighted by Crippen LogP contribution is -2.38. The van der Waals surface area contributed by atoms with E-state index in [1.165, 1.54) is 0 Å². The lowest BCUT2D eigenvalue weighted by atomic mass is 10.1. The van der Waals surface area contributed by atoms with Gasteiger partial charge in [0.2, 0.25) is 0 Å². The predicted molar refractivity (Wildman–Crippen MR) is 72.6 cm³/mol. The molecule has 0 bridgehead atoms. The number of carbonyl (C=O) groups is 1. The molecule has 0 aromatic heterocycles. The Bertz CT molecular complexity index is 477. The average molecular weight is 265 g/mol. The highest BCUT2D eigenvalue weighted by Crippen LogP contribution is 2.21. The summed E-state index contributed by atoms with van der Waals surface area (Å²) in [4.78, 5) is 14.1. The van der Waals surface area contributed by atoms with E-state index in [9.17, 15) is 4.79 Å². The molecule has 0 N–H and O–H groups in total. The maximum Gasteiger partial charge on any atom is 0.254 e. The van der Waals surface area contributed by atoms with Gasteiger partial charge in [-0.1, -0.05) is 17.7 Å². The fourth-order valence-electron chi connectivity index (χ4n) is 1.76. The van der Waals surface area contributed by atoms with E-state index in [4.69, 9.17) is 16.9 Å². The number of nitrogens with zero attached hydrogens (tertiary/aromatic N) is 2. The van der Waals surface area contributed by atoms with Crippen LogP contribution in [0.5, 0.6) is 0 Å². The first-order chi connectivity index (χ1) is 8.49. The van der Waals surface area contributed by atoms with Crippen molar-refractivity contribution in [2.75, 3.05) is 6.54 Å². The molecule has 0 radical (unpaired) electrons. The summed E-state index contributed by atoms with van der Waals surface area (Å²) in [6, 6.07) is 7.43. The van der Waals surface area contributed by atoms with E-state index in [-0.39, 0.29) is 11.9 Å². The summed E-state index contributed by atoms with van der Waals surface area (Å²) in [5.41, 5.74) is 1.39. The molecule has 1 aromatic carbocycles. The Morgan fingerprint density at radius 3 is 2.72 bits per heavy atom. The van der Waals surface area contributed by atoms with Crippen LogP contribution in [0.4, 0.5) is 0 Å². The van der Waals surface area contributed by atoms with Crippen molar-refractivity contribution in [2.24, 2.45) is 0 Å². The fraction of sp³-hybridized carbons (Fsp3) is 0.429. The van der Waals surface area contributed by atoms with Gasteiger partial charge in [0.05, 0.1) is 12.5 Å². The summed E-state index contributed by atoms with van der Waals surface area (Å²) in [5.74, 6) is -0.0692. The van der Waals surface area contributed by atoms with Crippen molar-refractivity contribution >= 4 is 17.5 Å². The van der Waals surface area contributed by atoms with Crippen LogP contribution in [0.2, 0.25) is 5.02 Å². The standard InChI is InChI=1S/C14H17ClN2O/c1-10(2)17(9-5-8-16)14(18)12-6-4-7-13(15)11(12)3/h4,6-7,10H,5,9H2,1-3H3. The maximum atomic E-state index is 12.4. The van der Waals surface area contributed by atoms with E-state index in [0.717, 1.165) is 5.56 Å². The van der Waals surface area contributed by atoms with Crippen molar-refractivity contribution in [1.82, 2.24) is 4.90 Å². The van der Waals surface area contributed by atoms with Crippen LogP contribution in [0, 0.1) is 18.3 Å². The topological polar surface area (TPSA) is 44.1 Å². The molecule has 0 aliphatic carbocycles. The zero-order valence-electron chi connectivity index (χ0n) is 10.9. The average Bonchev–Trinajstić information content (AvgIpc) is 2.32. The Kier molecular flexibility index (Phi) is 5.18. The monoisotopic (exact) mass is 264 g/mol. The van der Waals surface area contributed by atoms with Crippen LogP contribution < -0.4 is 0 Å². The van der Waals surface area contributed by atoms with Gasteiger partial charge in [-0.05, 0) is 38.5 Å². The Morgan fingerprint density at radius 1 is 1.50 bits per heavy atom. The zero-order valence-corrected chi connectivity index (χ0v) is 11.7. The number of rotatable bonds is 4. The zero-order chi connectivity index (χ0) is 13.7. The van der Waals surface area contributed by atoms with Gasteiger partial charge in [0.1, 0.15) is 0 Å². The predicted octanol–water partition coefficient (Wildman–Crippen LogP) is 3.41. The van der Waals surface area contributed by atoms with E-state index < -0.39 is 0 Å². The SMILES string of the molecule is Cc1c(Cl)cccc1C(=O)N(CCC#N)C(C)C. The lowest BCUT2D eigenvalue weighted by Gasteiger charge is -2.26. The number of amides is 1. The first-order valence-corrected chi connectivity index (χ1v) is 6.29. The van der Waals surface area contributed by atoms with E-state index in [1.54, 1.807) is 23.1 Å². The molecule has 96 valence electrons. The van der Waals surface area contributed by atoms with Crippen molar-refractivity contribution in [3.63, 3.8) is 0 Å². The highest BCUT2D eigenvalue weighted by atomic mass is 35.5. The molecule has 1 amide bonds. The molecule has 0 atom stereocenters. The van der Waals surface area contributed by atoms with Crippen LogP contribution in [0.1, 0.15) is 36.2 Å². The van der Waals surface area contributed by atoms with Crippen LogP contribution in [-0.2, 0) is 0 Å². The second kappa shape index (κ2) is 6.42. The van der Waals surface area contributed by atoms with Crippen molar-refractivity contribution in [1.29, 1.82) is 5.26 Å². The molecule has 0 aliphatic heterocycles. The van der Waals surface area contributed by atoms with Gasteiger partial charge in [0, 0.05) is 23.2 Å². The minimum Gasteiger partial charge on any atom is -0.335 e. The molecule has 0 saturated carbocycles. The van der Waals surface area contributed by atoms with Gasteiger partial charge in [-0.25, -0.2) is 0 Å². The number of carbonyl (C=O) groups excluding carboxylic acids is 1. The molecule has 3 nitrogen and oxygen atoms in total. The molecule has 0 unspecified atom stereocenters. The van der Waals surface area contributed by atoms with Crippen LogP contribution >= 0.6 is 11.6 Å². The van der Waals surface area contributed by atoms with Gasteiger partial charge in [0.25, 0.3) is 5.91 Å². The van der Waals surface area contributed by atoms with Gasteiger partial charge in [-0.15, -0.1) is 0 Å². The van der Waals surface area contributed by atoms with Gasteiger partial charge in [0.15, 0.2) is 0 Å². The number of nitriles is 1. The molecule has 18 heavy (non-hydrogen) atoms. The quantitative estimate of drug-likeness (QED) is 0.836. The van der Waals surface area contributed by atoms with E-state index in [2.05, 4.69) is 6.07 Å². The third kappa shape index (κ3) is 3.24. The summed E-state index contributed by atoms with van der Waals surface area (Å²) in [6.45, 7) is 6.15. The van der Waals surface area contributed by atoms with Crippen molar-refractivity contribution in [3.05, 3.63) is 34.3 Å². The van der Waals surface area contributed by atoms with Gasteiger partial charge in [-0.3, -0.25) is 4.79 Å². The third-order valence-corrected chi connectivity index (χ3v) is 3.26. The van der Waals surface area contributed by atoms with E-state index in [0.29, 0.717) is 23.6 Å². The minimum absolute atomic E-state index is 0.0595. The molecular formula is C14H17ClN2O. The fourth-order valence-corrected chi connectivity index (χ4v) is 1.93. The van der Waals surface area contributed by atoms with Crippen molar-refractivity contribution in [2.45, 2.75) is 33.2 Å². The van der Waals surface area contributed by atoms with Crippen molar-refractivity contribution in [3.8, 4) is 6.07 Å². The van der Waals surface area contributed by atoms with Gasteiger partial charge < -0.3 is 4.90 Å². The number of benzene rings is 1. The summed E-state index contributed by atoms with van der Waals surface area (Å²) >= 11 is 6.02. The molecule has 0 fully saturated rings. The Hall–Kier alpha value is -1.53. The highest BCUT2D eigenvalue weighted by molar-refractivity contribution is 6.31. The Labute approximate surface area is 113 Å². The Balaban J connectivity index is 3.03. The van der Waals surface area contributed by atoms with Crippen LogP contribution in [0.15, 0.2) is 18.2 Å². The first-order valence-electron chi connectivity index (χ1n) is 5.92. The summed E-state index contributed by atoms with van der Waals surface area (Å²) in [5, 5.41) is 9.23. The molecule has 4 heteroatoms. The van der Waals surface area contributed by atoms with Crippen LogP contribution in [-0.4, -0.2) is 23.4 Å². The lowest BCUT2D eigenvalue weighted by molar-refractivity contribution is 0.0709. The minimum atomic E-state index is -0.0692. The molecule has 0 spiro atoms. The Morgan fingerprint density at radius 2 is 2.17 bits per heavy atom. The summed E-state index contributed by atoms with van der Waals surface area (Å²) < 4.78 is 0. The maximum absolute atomic E-state index is 12.4. The van der Waals surface area contributed by atoms with Gasteiger partial charge >= 0.3 is 0 Å². The second-order valence-electron chi connectivity index (χ2n) is 4.41. The first kappa shape index (κ1) is 14.5. The van der Waals surface area contributed by atoms with Crippen molar-refractivity contribution < 1.29 is 4.79 Å². The van der Waals surface area contributed by atoms with E-state index in [1.807, 2.05) is 20.8 Å². The molecule has 1 aromatic rings.